The molecule has 32 heavy (non-hydrogen) atoms. The third-order valence-corrected chi connectivity index (χ3v) is 7.55. The van der Waals surface area contributed by atoms with Crippen LogP contribution >= 0.6 is 23.2 Å². The van der Waals surface area contributed by atoms with Gasteiger partial charge in [0.2, 0.25) is 0 Å². The molecule has 1 saturated carbocycles. The van der Waals surface area contributed by atoms with Crippen molar-refractivity contribution in [1.29, 1.82) is 0 Å². The highest BCUT2D eigenvalue weighted by atomic mass is 35.5. The fraction of sp³-hybridized carbons (Fsp3) is 0.583. The van der Waals surface area contributed by atoms with E-state index < -0.39 is 0 Å². The molecule has 4 rings (SSSR count). The van der Waals surface area contributed by atoms with E-state index >= 15 is 0 Å². The van der Waals surface area contributed by atoms with Crippen LogP contribution in [0.1, 0.15) is 61.3 Å². The smallest absolute Gasteiger partial charge is 0.328 e. The number of nitrogens with zero attached hydrogens (tertiary/aromatic N) is 2. The highest BCUT2D eigenvalue weighted by Crippen LogP contribution is 2.34. The highest BCUT2D eigenvalue weighted by Gasteiger charge is 2.24. The van der Waals surface area contributed by atoms with Gasteiger partial charge in [-0.15, -0.1) is 0 Å². The van der Waals surface area contributed by atoms with Gasteiger partial charge in [0.15, 0.2) is 0 Å². The second-order valence-corrected chi connectivity index (χ2v) is 9.60. The number of hydrogen-bond acceptors (Lipinski definition) is 4. The number of nitrogens with one attached hydrogen (secondary N) is 1. The lowest BCUT2D eigenvalue weighted by molar-refractivity contribution is 0.0368. The van der Waals surface area contributed by atoms with Crippen molar-refractivity contribution in [2.75, 3.05) is 32.8 Å². The van der Waals surface area contributed by atoms with Crippen LogP contribution in [0.3, 0.4) is 0 Å². The minimum Gasteiger partial charge on any atom is -0.379 e. The van der Waals surface area contributed by atoms with Crippen LogP contribution in [0.15, 0.2) is 27.8 Å². The second-order valence-electron chi connectivity index (χ2n) is 8.81. The van der Waals surface area contributed by atoms with Crippen LogP contribution < -0.4 is 11.2 Å². The Morgan fingerprint density at radius 3 is 2.53 bits per heavy atom. The monoisotopic (exact) mass is 479 g/mol. The molecule has 6 nitrogen and oxygen atoms in total. The minimum atomic E-state index is -0.307. The number of aromatic nitrogens is 2. The summed E-state index contributed by atoms with van der Waals surface area (Å²) in [5.74, 6) is 0.208. The molecule has 8 heteroatoms. The van der Waals surface area contributed by atoms with Gasteiger partial charge in [-0.05, 0) is 36.8 Å². The van der Waals surface area contributed by atoms with Crippen molar-refractivity contribution in [1.82, 2.24) is 14.5 Å². The van der Waals surface area contributed by atoms with E-state index in [2.05, 4.69) is 9.88 Å². The summed E-state index contributed by atoms with van der Waals surface area (Å²) in [6, 6.07) is 5.48. The van der Waals surface area contributed by atoms with E-state index in [1.165, 1.54) is 11.0 Å². The first kappa shape index (κ1) is 23.6. The highest BCUT2D eigenvalue weighted by molar-refractivity contribution is 6.42. The Morgan fingerprint density at radius 1 is 1.03 bits per heavy atom. The summed E-state index contributed by atoms with van der Waals surface area (Å²) in [7, 11) is 0. The third kappa shape index (κ3) is 5.48. The van der Waals surface area contributed by atoms with Gasteiger partial charge in [-0.2, -0.15) is 0 Å². The average Bonchev–Trinajstić information content (AvgIpc) is 2.81. The van der Waals surface area contributed by atoms with E-state index in [1.807, 2.05) is 12.1 Å². The summed E-state index contributed by atoms with van der Waals surface area (Å²) in [6.45, 7) is 4.50. The molecule has 1 aliphatic heterocycles. The molecule has 2 fully saturated rings. The number of benzene rings is 1. The Hall–Kier alpha value is -1.60. The van der Waals surface area contributed by atoms with Crippen molar-refractivity contribution in [2.24, 2.45) is 0 Å². The number of rotatable bonds is 7. The van der Waals surface area contributed by atoms with Gasteiger partial charge in [-0.3, -0.25) is 14.3 Å². The summed E-state index contributed by atoms with van der Waals surface area (Å²) in [4.78, 5) is 31.9. The number of hydrogen-bond donors (Lipinski definition) is 1. The summed E-state index contributed by atoms with van der Waals surface area (Å²) in [5, 5.41) is 0.937. The van der Waals surface area contributed by atoms with E-state index in [0.29, 0.717) is 28.6 Å². The van der Waals surface area contributed by atoms with Crippen LogP contribution in [0.2, 0.25) is 10.0 Å². The fourth-order valence-electron chi connectivity index (χ4n) is 4.89. The molecule has 1 aromatic heterocycles. The maximum Gasteiger partial charge on any atom is 0.328 e. The molecule has 0 atom stereocenters. The fourth-order valence-corrected chi connectivity index (χ4v) is 5.28. The third-order valence-electron chi connectivity index (χ3n) is 6.69. The van der Waals surface area contributed by atoms with Crippen molar-refractivity contribution in [3.63, 3.8) is 0 Å². The summed E-state index contributed by atoms with van der Waals surface area (Å²) < 4.78 is 6.75. The second kappa shape index (κ2) is 11.0. The molecule has 0 bridgehead atoms. The molecular formula is C24H31Cl2N3O3. The van der Waals surface area contributed by atoms with Crippen LogP contribution in [-0.2, 0) is 17.7 Å². The lowest BCUT2D eigenvalue weighted by atomic mass is 9.84. The van der Waals surface area contributed by atoms with Gasteiger partial charge < -0.3 is 9.72 Å². The molecule has 0 radical (unpaired) electrons. The lowest BCUT2D eigenvalue weighted by Gasteiger charge is -2.26. The van der Waals surface area contributed by atoms with Crippen molar-refractivity contribution < 1.29 is 4.74 Å². The summed E-state index contributed by atoms with van der Waals surface area (Å²) in [5.41, 5.74) is 1.73. The predicted molar refractivity (Wildman–Crippen MR) is 128 cm³/mol. The maximum absolute atomic E-state index is 13.6. The molecule has 2 heterocycles. The number of ether oxygens (including phenoxy) is 1. The van der Waals surface area contributed by atoms with E-state index in [9.17, 15) is 9.59 Å². The number of H-pyrrole nitrogens is 1. The predicted octanol–water partition coefficient (Wildman–Crippen LogP) is 4.20. The van der Waals surface area contributed by atoms with Crippen LogP contribution in [0.25, 0.3) is 0 Å². The SMILES string of the molecule is O=c1[nH]c(C2CCCCC2)c(Cc2cccc(Cl)c2Cl)c(=O)n1CCCN1CCOCC1. The molecule has 1 aliphatic carbocycles. The van der Waals surface area contributed by atoms with Crippen molar-refractivity contribution in [3.8, 4) is 0 Å². The van der Waals surface area contributed by atoms with Gasteiger partial charge in [-0.25, -0.2) is 4.79 Å². The van der Waals surface area contributed by atoms with Gasteiger partial charge in [-0.1, -0.05) is 54.6 Å². The topological polar surface area (TPSA) is 67.3 Å². The van der Waals surface area contributed by atoms with Gasteiger partial charge >= 0.3 is 5.69 Å². The molecule has 1 aromatic carbocycles. The molecule has 1 N–H and O–H groups in total. The van der Waals surface area contributed by atoms with Crippen LogP contribution in [0, 0.1) is 0 Å². The van der Waals surface area contributed by atoms with E-state index in [1.54, 1.807) is 6.07 Å². The quantitative estimate of drug-likeness (QED) is 0.645. The number of morpholine rings is 1. The molecule has 0 unspecified atom stereocenters. The van der Waals surface area contributed by atoms with E-state index in [-0.39, 0.29) is 17.2 Å². The van der Waals surface area contributed by atoms with Gasteiger partial charge in [0.05, 0.1) is 23.3 Å². The van der Waals surface area contributed by atoms with Gasteiger partial charge in [0.25, 0.3) is 5.56 Å². The van der Waals surface area contributed by atoms with Crippen LogP contribution in [0.5, 0.6) is 0 Å². The summed E-state index contributed by atoms with van der Waals surface area (Å²) >= 11 is 12.7. The number of halogens is 2. The van der Waals surface area contributed by atoms with E-state index in [4.69, 9.17) is 27.9 Å². The van der Waals surface area contributed by atoms with Crippen molar-refractivity contribution >= 4 is 23.2 Å². The molecule has 0 amide bonds. The van der Waals surface area contributed by atoms with Gasteiger partial charge in [0.1, 0.15) is 0 Å². The maximum atomic E-state index is 13.6. The molecule has 1 saturated heterocycles. The Kier molecular flexibility index (Phi) is 8.11. The first-order valence-corrected chi connectivity index (χ1v) is 12.4. The average molecular weight is 480 g/mol. The van der Waals surface area contributed by atoms with Crippen molar-refractivity contribution in [2.45, 2.75) is 57.4 Å². The first-order valence-electron chi connectivity index (χ1n) is 11.6. The Morgan fingerprint density at radius 2 is 1.78 bits per heavy atom. The standard InChI is InChI=1S/C24H31Cl2N3O3/c25-20-9-4-8-18(21(20)26)16-19-22(17-6-2-1-3-7-17)27-24(31)29(23(19)30)11-5-10-28-12-14-32-15-13-28/h4,8-9,17H,1-3,5-7,10-16H2,(H,27,31). The Labute approximate surface area is 198 Å². The Bertz CT molecular complexity index is 1040. The molecule has 174 valence electrons. The zero-order chi connectivity index (χ0) is 22.5. The molecule has 0 spiro atoms. The largest absolute Gasteiger partial charge is 0.379 e. The number of aromatic amines is 1. The zero-order valence-electron chi connectivity index (χ0n) is 18.4. The minimum absolute atomic E-state index is 0.202. The van der Waals surface area contributed by atoms with Crippen LogP contribution in [-0.4, -0.2) is 47.3 Å². The molecular weight excluding hydrogens is 449 g/mol. The first-order chi connectivity index (χ1) is 15.5. The molecule has 2 aliphatic rings. The summed E-state index contributed by atoms with van der Waals surface area (Å²) in [6.07, 6.45) is 6.53. The molecule has 2 aromatic rings. The zero-order valence-corrected chi connectivity index (χ0v) is 19.9. The normalized spacial score (nSPS) is 18.2. The van der Waals surface area contributed by atoms with Crippen molar-refractivity contribution in [3.05, 3.63) is 65.9 Å². The van der Waals surface area contributed by atoms with E-state index in [0.717, 1.165) is 76.2 Å². The van der Waals surface area contributed by atoms with Gasteiger partial charge in [0, 0.05) is 43.9 Å². The van der Waals surface area contributed by atoms with Crippen LogP contribution in [0.4, 0.5) is 0 Å². The lowest BCUT2D eigenvalue weighted by Crippen LogP contribution is -2.41. The Balaban J connectivity index is 1.64.